The van der Waals surface area contributed by atoms with E-state index in [1.54, 1.807) is 0 Å². The van der Waals surface area contributed by atoms with Crippen LogP contribution in [0, 0.1) is 6.92 Å². The molecule has 33 heavy (non-hydrogen) atoms. The Morgan fingerprint density at radius 1 is 1.03 bits per heavy atom. The van der Waals surface area contributed by atoms with Crippen LogP contribution >= 0.6 is 11.3 Å². The van der Waals surface area contributed by atoms with Crippen LogP contribution in [0.2, 0.25) is 0 Å². The van der Waals surface area contributed by atoms with Crippen molar-refractivity contribution in [3.63, 3.8) is 0 Å². The van der Waals surface area contributed by atoms with Crippen LogP contribution in [0.1, 0.15) is 53.4 Å². The second kappa shape index (κ2) is 8.71. The number of fused-ring (bicyclic) bond motifs is 1. The molecule has 5 heteroatoms. The maximum absolute atomic E-state index is 7.02. The van der Waals surface area contributed by atoms with Gasteiger partial charge in [-0.1, -0.05) is 48.5 Å². The van der Waals surface area contributed by atoms with Crippen molar-refractivity contribution in [2.75, 3.05) is 14.1 Å². The van der Waals surface area contributed by atoms with Crippen LogP contribution in [0.25, 0.3) is 10.9 Å². The molecular formula is C28H34N4S. The van der Waals surface area contributed by atoms with Crippen molar-refractivity contribution < 1.29 is 0 Å². The number of aryl methyl sites for hydroxylation is 1. The normalized spacial score (nSPS) is 24.4. The number of hydrogen-bond donors (Lipinski definition) is 2. The minimum Gasteiger partial charge on any atom is -0.361 e. The van der Waals surface area contributed by atoms with Gasteiger partial charge in [0.05, 0.1) is 5.01 Å². The lowest BCUT2D eigenvalue weighted by Gasteiger charge is -2.52. The van der Waals surface area contributed by atoms with Crippen LogP contribution < -0.4 is 5.73 Å². The Bertz CT molecular complexity index is 1210. The average Bonchev–Trinajstić information content (AvgIpc) is 3.45. The number of aromatic nitrogens is 2. The highest BCUT2D eigenvalue weighted by Gasteiger charge is 2.49. The van der Waals surface area contributed by atoms with Crippen LogP contribution in [-0.4, -0.2) is 34.5 Å². The fourth-order valence-electron chi connectivity index (χ4n) is 5.85. The highest BCUT2D eigenvalue weighted by molar-refractivity contribution is 7.09. The highest BCUT2D eigenvalue weighted by atomic mass is 32.1. The van der Waals surface area contributed by atoms with Crippen molar-refractivity contribution in [1.29, 1.82) is 0 Å². The summed E-state index contributed by atoms with van der Waals surface area (Å²) in [7, 11) is 4.49. The summed E-state index contributed by atoms with van der Waals surface area (Å²) in [4.78, 5) is 11.0. The fraction of sp³-hybridized carbons (Fsp3) is 0.393. The number of likely N-dealkylation sites (N-methyl/N-ethyl adjacent to an activating group) is 1. The lowest BCUT2D eigenvalue weighted by atomic mass is 9.63. The Morgan fingerprint density at radius 2 is 1.73 bits per heavy atom. The summed E-state index contributed by atoms with van der Waals surface area (Å²) in [5.41, 5.74) is 11.7. The van der Waals surface area contributed by atoms with E-state index in [2.05, 4.69) is 97.1 Å². The standard InChI is InChI=1S/C28H34N4S/c1-20-19-33-26(31-20)24(17-21-18-30-25-12-8-7-11-23(21)25)28(32(2)3)15-13-27(29,14-16-28)22-9-5-4-6-10-22/h4-12,18-19,24,30H,13-17,29H2,1-3H3. The topological polar surface area (TPSA) is 57.9 Å². The molecule has 1 aliphatic rings. The number of H-pyrrole nitrogens is 1. The first kappa shape index (κ1) is 22.3. The molecule has 1 atom stereocenters. The van der Waals surface area contributed by atoms with E-state index in [1.165, 1.54) is 27.0 Å². The Morgan fingerprint density at radius 3 is 2.39 bits per heavy atom. The third-order valence-electron chi connectivity index (χ3n) is 7.93. The van der Waals surface area contributed by atoms with Gasteiger partial charge >= 0.3 is 0 Å². The maximum Gasteiger partial charge on any atom is 0.0981 e. The monoisotopic (exact) mass is 458 g/mol. The van der Waals surface area contributed by atoms with Gasteiger partial charge in [-0.05, 0) is 70.3 Å². The predicted molar refractivity (Wildman–Crippen MR) is 139 cm³/mol. The van der Waals surface area contributed by atoms with Gasteiger partial charge in [-0.3, -0.25) is 0 Å². The van der Waals surface area contributed by atoms with E-state index in [0.29, 0.717) is 5.92 Å². The molecule has 1 aliphatic carbocycles. The summed E-state index contributed by atoms with van der Waals surface area (Å²) < 4.78 is 0. The molecule has 4 aromatic rings. The van der Waals surface area contributed by atoms with E-state index in [9.17, 15) is 0 Å². The number of hydrogen-bond acceptors (Lipinski definition) is 4. The smallest absolute Gasteiger partial charge is 0.0981 e. The fourth-order valence-corrected chi connectivity index (χ4v) is 6.86. The van der Waals surface area contributed by atoms with Gasteiger partial charge in [0.1, 0.15) is 0 Å². The van der Waals surface area contributed by atoms with E-state index >= 15 is 0 Å². The van der Waals surface area contributed by atoms with Crippen molar-refractivity contribution in [2.45, 2.75) is 56.0 Å². The zero-order valence-electron chi connectivity index (χ0n) is 19.8. The maximum atomic E-state index is 7.02. The van der Waals surface area contributed by atoms with E-state index in [4.69, 9.17) is 10.7 Å². The van der Waals surface area contributed by atoms with E-state index in [0.717, 1.165) is 37.8 Å². The minimum atomic E-state index is -0.259. The molecule has 0 amide bonds. The molecule has 0 aliphatic heterocycles. The molecule has 2 aromatic heterocycles. The quantitative estimate of drug-likeness (QED) is 0.373. The van der Waals surface area contributed by atoms with Crippen molar-refractivity contribution >= 4 is 22.2 Å². The molecule has 1 fully saturated rings. The number of aromatic amines is 1. The van der Waals surface area contributed by atoms with Crippen molar-refractivity contribution in [3.05, 3.63) is 88.0 Å². The Balaban J connectivity index is 1.52. The molecule has 0 spiro atoms. The molecule has 0 radical (unpaired) electrons. The van der Waals surface area contributed by atoms with Gasteiger partial charge < -0.3 is 15.6 Å². The molecule has 0 bridgehead atoms. The second-order valence-corrected chi connectivity index (χ2v) is 10.9. The molecule has 172 valence electrons. The van der Waals surface area contributed by atoms with Crippen LogP contribution in [0.3, 0.4) is 0 Å². The van der Waals surface area contributed by atoms with Gasteiger partial charge in [-0.25, -0.2) is 4.98 Å². The van der Waals surface area contributed by atoms with Gasteiger partial charge in [0.15, 0.2) is 0 Å². The summed E-state index contributed by atoms with van der Waals surface area (Å²) >= 11 is 1.81. The van der Waals surface area contributed by atoms with Gasteiger partial charge in [-0.2, -0.15) is 0 Å². The molecule has 4 nitrogen and oxygen atoms in total. The molecule has 0 saturated heterocycles. The zero-order valence-corrected chi connectivity index (χ0v) is 20.7. The van der Waals surface area contributed by atoms with Gasteiger partial charge in [-0.15, -0.1) is 11.3 Å². The Labute approximate surface area is 200 Å². The number of nitrogens with one attached hydrogen (secondary N) is 1. The van der Waals surface area contributed by atoms with Crippen molar-refractivity contribution in [2.24, 2.45) is 5.73 Å². The molecular weight excluding hydrogens is 424 g/mol. The summed E-state index contributed by atoms with van der Waals surface area (Å²) in [6.07, 6.45) is 7.22. The SMILES string of the molecule is Cc1csc(C(Cc2c[nH]c3ccccc23)C2(N(C)C)CCC(N)(c3ccccc3)CC2)n1. The average molecular weight is 459 g/mol. The largest absolute Gasteiger partial charge is 0.361 e. The van der Waals surface area contributed by atoms with E-state index < -0.39 is 0 Å². The van der Waals surface area contributed by atoms with Crippen LogP contribution in [0.15, 0.2) is 66.2 Å². The van der Waals surface area contributed by atoms with Crippen LogP contribution in [-0.2, 0) is 12.0 Å². The molecule has 2 heterocycles. The number of nitrogens with two attached hydrogens (primary N) is 1. The van der Waals surface area contributed by atoms with Gasteiger partial charge in [0.2, 0.25) is 0 Å². The van der Waals surface area contributed by atoms with E-state index in [1.807, 2.05) is 11.3 Å². The second-order valence-electron chi connectivity index (χ2n) is 9.96. The third kappa shape index (κ3) is 4.03. The number of nitrogens with zero attached hydrogens (tertiary/aromatic N) is 2. The summed E-state index contributed by atoms with van der Waals surface area (Å²) in [6.45, 7) is 2.10. The zero-order chi connectivity index (χ0) is 23.1. The van der Waals surface area contributed by atoms with Crippen molar-refractivity contribution in [1.82, 2.24) is 14.9 Å². The Kier molecular flexibility index (Phi) is 5.89. The third-order valence-corrected chi connectivity index (χ3v) is 9.01. The lowest BCUT2D eigenvalue weighted by Crippen LogP contribution is -2.56. The number of para-hydroxylation sites is 1. The number of benzene rings is 2. The first-order valence-electron chi connectivity index (χ1n) is 11.9. The number of thiazole rings is 1. The summed E-state index contributed by atoms with van der Waals surface area (Å²) in [6, 6.07) is 19.3. The predicted octanol–water partition coefficient (Wildman–Crippen LogP) is 5.99. The molecule has 1 saturated carbocycles. The number of rotatable bonds is 6. The lowest BCUT2D eigenvalue weighted by molar-refractivity contribution is 0.0423. The van der Waals surface area contributed by atoms with Crippen LogP contribution in [0.4, 0.5) is 0 Å². The first-order chi connectivity index (χ1) is 15.9. The Hall–Kier alpha value is -2.47. The van der Waals surface area contributed by atoms with Gasteiger partial charge in [0.25, 0.3) is 0 Å². The van der Waals surface area contributed by atoms with E-state index in [-0.39, 0.29) is 11.1 Å². The highest BCUT2D eigenvalue weighted by Crippen LogP contribution is 2.50. The summed E-state index contributed by atoms with van der Waals surface area (Å²) in [5.74, 6) is 0.311. The molecule has 2 aromatic carbocycles. The van der Waals surface area contributed by atoms with Crippen molar-refractivity contribution in [3.8, 4) is 0 Å². The molecule has 1 unspecified atom stereocenters. The minimum absolute atomic E-state index is 0.0142. The summed E-state index contributed by atoms with van der Waals surface area (Å²) in [5, 5.41) is 4.76. The van der Waals surface area contributed by atoms with Crippen LogP contribution in [0.5, 0.6) is 0 Å². The van der Waals surface area contributed by atoms with Gasteiger partial charge in [0, 0.05) is 45.2 Å². The first-order valence-corrected chi connectivity index (χ1v) is 12.8. The molecule has 5 rings (SSSR count). The molecule has 3 N–H and O–H groups in total.